The highest BCUT2D eigenvalue weighted by Crippen LogP contribution is 2.36. The van der Waals surface area contributed by atoms with Gasteiger partial charge in [-0.2, -0.15) is 18.4 Å². The van der Waals surface area contributed by atoms with Crippen molar-refractivity contribution in [2.75, 3.05) is 21.7 Å². The highest BCUT2D eigenvalue weighted by molar-refractivity contribution is 6.35. The van der Waals surface area contributed by atoms with E-state index in [4.69, 9.17) is 28.9 Å². The van der Waals surface area contributed by atoms with E-state index in [9.17, 15) is 28.0 Å². The number of urea groups is 1. The van der Waals surface area contributed by atoms with Crippen molar-refractivity contribution in [1.29, 1.82) is 5.26 Å². The number of alkyl halides is 3. The van der Waals surface area contributed by atoms with Gasteiger partial charge in [0.25, 0.3) is 5.56 Å². The maximum Gasteiger partial charge on any atom is 0.417 e. The fraction of sp³-hybridized carbons (Fsp3) is 0.103. The summed E-state index contributed by atoms with van der Waals surface area (Å²) >= 11 is 12.1. The van der Waals surface area contributed by atoms with Crippen LogP contribution in [0.5, 0.6) is 0 Å². The number of halogens is 5. The molecule has 0 bridgehead atoms. The highest BCUT2D eigenvalue weighted by Gasteiger charge is 2.33. The minimum atomic E-state index is -4.72. The number of nitrogens with zero attached hydrogens (tertiary/aromatic N) is 5. The van der Waals surface area contributed by atoms with Crippen LogP contribution in [0.15, 0.2) is 71.8 Å². The molecule has 16 heteroatoms. The Balaban J connectivity index is 1.52. The van der Waals surface area contributed by atoms with Crippen molar-refractivity contribution in [3.63, 3.8) is 0 Å². The first kappa shape index (κ1) is 31.0. The number of nitrogen functional groups attached to an aromatic ring is 1. The molecule has 3 aromatic carbocycles. The number of benzene rings is 3. The number of nitrogens with two attached hydrogens (primary N) is 1. The van der Waals surface area contributed by atoms with Gasteiger partial charge in [-0.3, -0.25) is 9.36 Å². The monoisotopic (exact) mass is 653 g/mol. The molecule has 0 fully saturated rings. The first-order valence-corrected chi connectivity index (χ1v) is 13.7. The van der Waals surface area contributed by atoms with Crippen LogP contribution in [0.3, 0.4) is 0 Å². The van der Waals surface area contributed by atoms with Crippen molar-refractivity contribution in [3.8, 4) is 11.8 Å². The molecule has 0 radical (unpaired) electrons. The molecule has 1 atom stereocenters. The van der Waals surface area contributed by atoms with E-state index in [0.29, 0.717) is 11.6 Å². The fourth-order valence-electron chi connectivity index (χ4n) is 4.47. The maximum atomic E-state index is 13.9. The van der Waals surface area contributed by atoms with Crippen LogP contribution in [0, 0.1) is 11.3 Å². The molecule has 2 aromatic heterocycles. The third-order valence-electron chi connectivity index (χ3n) is 6.49. The molecule has 0 aliphatic heterocycles. The van der Waals surface area contributed by atoms with Gasteiger partial charge in [0, 0.05) is 11.4 Å². The number of fused-ring (bicyclic) bond motifs is 1. The van der Waals surface area contributed by atoms with Gasteiger partial charge in [0.05, 0.1) is 38.2 Å². The Morgan fingerprint density at radius 3 is 2.44 bits per heavy atom. The van der Waals surface area contributed by atoms with Crippen LogP contribution >= 0.6 is 23.2 Å². The average Bonchev–Trinajstić information content (AvgIpc) is 2.97. The molecule has 5 rings (SSSR count). The zero-order valence-corrected chi connectivity index (χ0v) is 24.5. The number of anilines is 4. The molecule has 5 aromatic rings. The van der Waals surface area contributed by atoms with Gasteiger partial charge < -0.3 is 21.7 Å². The standard InChI is InChI=1S/C29H20Cl2F3N9O2/c1-14(39-25-18(12-35)24(36)37-13-38-25)26-42-22-7-3-6-21(31)23(22)27(44)43(26)17-5-2-4-15(10-17)40-28(45)41-16-8-9-20(30)19(11-16)29(32,33)34/h2-11,13-14H,1H3,(H2,40,41,45)(H3,36,37,38,39). The predicted octanol–water partition coefficient (Wildman–Crippen LogP) is 6.77. The third kappa shape index (κ3) is 6.44. The number of aromatic nitrogens is 4. The van der Waals surface area contributed by atoms with Crippen molar-refractivity contribution in [1.82, 2.24) is 19.5 Å². The summed E-state index contributed by atoms with van der Waals surface area (Å²) in [6.45, 7) is 1.69. The van der Waals surface area contributed by atoms with Gasteiger partial charge in [-0.05, 0) is 55.5 Å². The van der Waals surface area contributed by atoms with Gasteiger partial charge >= 0.3 is 12.2 Å². The van der Waals surface area contributed by atoms with Crippen LogP contribution < -0.4 is 27.2 Å². The van der Waals surface area contributed by atoms with Crippen LogP contribution in [0.1, 0.15) is 29.9 Å². The molecule has 45 heavy (non-hydrogen) atoms. The number of nitriles is 1. The lowest BCUT2D eigenvalue weighted by atomic mass is 10.2. The number of hydrogen-bond donors (Lipinski definition) is 4. The molecule has 0 saturated heterocycles. The molecule has 228 valence electrons. The summed E-state index contributed by atoms with van der Waals surface area (Å²) in [6, 6.07) is 14.2. The van der Waals surface area contributed by atoms with Crippen molar-refractivity contribution in [2.45, 2.75) is 19.1 Å². The summed E-state index contributed by atoms with van der Waals surface area (Å²) in [5.74, 6) is 0.272. The second-order valence-corrected chi connectivity index (χ2v) is 10.3. The van der Waals surface area contributed by atoms with Gasteiger partial charge in [-0.1, -0.05) is 35.3 Å². The van der Waals surface area contributed by atoms with E-state index in [-0.39, 0.29) is 50.5 Å². The molecule has 0 spiro atoms. The molecule has 0 aliphatic carbocycles. The molecule has 2 amide bonds. The number of hydrogen-bond acceptors (Lipinski definition) is 8. The quantitative estimate of drug-likeness (QED) is 0.156. The molecule has 1 unspecified atom stereocenters. The smallest absolute Gasteiger partial charge is 0.382 e. The largest absolute Gasteiger partial charge is 0.417 e. The van der Waals surface area contributed by atoms with E-state index < -0.39 is 34.4 Å². The molecular formula is C29H20Cl2F3N9O2. The van der Waals surface area contributed by atoms with Gasteiger partial charge in [-0.15, -0.1) is 0 Å². The summed E-state index contributed by atoms with van der Waals surface area (Å²) in [7, 11) is 0. The molecular weight excluding hydrogens is 634 g/mol. The Hall–Kier alpha value is -5.39. The first-order chi connectivity index (χ1) is 21.4. The SMILES string of the molecule is CC(Nc1ncnc(N)c1C#N)c1nc2cccc(Cl)c2c(=O)n1-c1cccc(NC(=O)Nc2ccc(Cl)c(C(F)(F)F)c2)c1. The zero-order chi connectivity index (χ0) is 32.5. The Morgan fingerprint density at radius 2 is 1.73 bits per heavy atom. The Labute approximate surface area is 262 Å². The Morgan fingerprint density at radius 1 is 1.02 bits per heavy atom. The maximum absolute atomic E-state index is 13.9. The van der Waals surface area contributed by atoms with E-state index in [0.717, 1.165) is 6.07 Å². The summed E-state index contributed by atoms with van der Waals surface area (Å²) in [6.07, 6.45) is -3.54. The van der Waals surface area contributed by atoms with Gasteiger partial charge in [0.1, 0.15) is 35.4 Å². The Bertz CT molecular complexity index is 2060. The second-order valence-electron chi connectivity index (χ2n) is 9.53. The summed E-state index contributed by atoms with van der Waals surface area (Å²) in [5, 5.41) is 17.3. The average molecular weight is 654 g/mol. The number of rotatable bonds is 6. The van der Waals surface area contributed by atoms with Crippen LogP contribution in [0.2, 0.25) is 10.0 Å². The van der Waals surface area contributed by atoms with Crippen molar-refractivity contribution >= 4 is 63.1 Å². The fourth-order valence-corrected chi connectivity index (χ4v) is 4.95. The predicted molar refractivity (Wildman–Crippen MR) is 165 cm³/mol. The third-order valence-corrected chi connectivity index (χ3v) is 7.14. The van der Waals surface area contributed by atoms with Crippen molar-refractivity contribution < 1.29 is 18.0 Å². The topological polar surface area (TPSA) is 164 Å². The molecule has 0 aliphatic rings. The van der Waals surface area contributed by atoms with Gasteiger partial charge in [-0.25, -0.2) is 19.7 Å². The van der Waals surface area contributed by atoms with Gasteiger partial charge in [0.15, 0.2) is 0 Å². The molecule has 11 nitrogen and oxygen atoms in total. The van der Waals surface area contributed by atoms with Crippen LogP contribution in [-0.2, 0) is 6.18 Å². The normalized spacial score (nSPS) is 11.9. The van der Waals surface area contributed by atoms with E-state index in [2.05, 4.69) is 30.9 Å². The van der Waals surface area contributed by atoms with E-state index in [1.165, 1.54) is 29.1 Å². The number of amides is 2. The van der Waals surface area contributed by atoms with Crippen LogP contribution in [0.4, 0.5) is 41.0 Å². The zero-order valence-electron chi connectivity index (χ0n) is 22.9. The molecule has 5 N–H and O–H groups in total. The molecule has 0 saturated carbocycles. The van der Waals surface area contributed by atoms with Crippen molar-refractivity contribution in [2.24, 2.45) is 0 Å². The van der Waals surface area contributed by atoms with E-state index in [1.807, 2.05) is 6.07 Å². The van der Waals surface area contributed by atoms with E-state index >= 15 is 0 Å². The molecule has 2 heterocycles. The number of carbonyl (C=O) groups excluding carboxylic acids is 1. The highest BCUT2D eigenvalue weighted by atomic mass is 35.5. The van der Waals surface area contributed by atoms with E-state index in [1.54, 1.807) is 37.3 Å². The minimum absolute atomic E-state index is 0.00216. The lowest BCUT2D eigenvalue weighted by Gasteiger charge is -2.21. The second kappa shape index (κ2) is 12.3. The first-order valence-electron chi connectivity index (χ1n) is 12.9. The summed E-state index contributed by atoms with van der Waals surface area (Å²) in [4.78, 5) is 39.3. The lowest BCUT2D eigenvalue weighted by molar-refractivity contribution is -0.137. The lowest BCUT2D eigenvalue weighted by Crippen LogP contribution is -2.28. The van der Waals surface area contributed by atoms with Gasteiger partial charge in [0.2, 0.25) is 0 Å². The summed E-state index contributed by atoms with van der Waals surface area (Å²) < 4.78 is 41.0. The van der Waals surface area contributed by atoms with Crippen LogP contribution in [-0.4, -0.2) is 25.6 Å². The van der Waals surface area contributed by atoms with Crippen molar-refractivity contribution in [3.05, 3.63) is 104 Å². The Kier molecular flexibility index (Phi) is 8.49. The van der Waals surface area contributed by atoms with Crippen LogP contribution in [0.25, 0.3) is 16.6 Å². The number of carbonyl (C=O) groups is 1. The number of nitrogens with one attached hydrogen (secondary N) is 3. The minimum Gasteiger partial charge on any atom is -0.382 e. The summed E-state index contributed by atoms with van der Waals surface area (Å²) in [5.41, 5.74) is 4.83.